The largest absolute Gasteiger partial charge is 0.497 e. The summed E-state index contributed by atoms with van der Waals surface area (Å²) in [5.41, 5.74) is 2.78. The van der Waals surface area contributed by atoms with E-state index in [-0.39, 0.29) is 11.9 Å². The van der Waals surface area contributed by atoms with Crippen LogP contribution in [0.5, 0.6) is 11.5 Å². The lowest BCUT2D eigenvalue weighted by molar-refractivity contribution is 0.0948. The van der Waals surface area contributed by atoms with Crippen molar-refractivity contribution >= 4 is 17.2 Å². The standard InChI is InChI=1S/C27H35N3O3S/c1-5-6-10-15-28-27(31)24-19-34-26(29-24)18-30(20(2)21-11-8-7-9-12-21)17-22-13-14-23(32-3)16-25(22)33-4/h7-9,11-14,16,19-20H,5-6,10,15,17-18H2,1-4H3,(H,28,31). The Kier molecular flexibility index (Phi) is 9.91. The van der Waals surface area contributed by atoms with E-state index in [2.05, 4.69) is 53.3 Å². The predicted molar refractivity (Wildman–Crippen MR) is 138 cm³/mol. The van der Waals surface area contributed by atoms with Crippen LogP contribution in [0.2, 0.25) is 0 Å². The molecule has 0 aliphatic rings. The van der Waals surface area contributed by atoms with Gasteiger partial charge < -0.3 is 14.8 Å². The molecule has 6 nitrogen and oxygen atoms in total. The fourth-order valence-corrected chi connectivity index (χ4v) is 4.60. The van der Waals surface area contributed by atoms with Crippen molar-refractivity contribution in [2.45, 2.75) is 52.2 Å². The summed E-state index contributed by atoms with van der Waals surface area (Å²) in [5.74, 6) is 1.45. The van der Waals surface area contributed by atoms with Gasteiger partial charge in [-0.05, 0) is 25.0 Å². The van der Waals surface area contributed by atoms with E-state index in [9.17, 15) is 4.79 Å². The average molecular weight is 482 g/mol. The topological polar surface area (TPSA) is 63.7 Å². The van der Waals surface area contributed by atoms with Gasteiger partial charge in [0.2, 0.25) is 0 Å². The lowest BCUT2D eigenvalue weighted by Crippen LogP contribution is -2.27. The Bertz CT molecular complexity index is 1040. The minimum atomic E-state index is -0.0990. The first-order valence-corrected chi connectivity index (χ1v) is 12.7. The lowest BCUT2D eigenvalue weighted by Gasteiger charge is -2.29. The van der Waals surface area contributed by atoms with Crippen LogP contribution in [0.25, 0.3) is 0 Å². The highest BCUT2D eigenvalue weighted by molar-refractivity contribution is 7.09. The van der Waals surface area contributed by atoms with Crippen LogP contribution in [0.15, 0.2) is 53.9 Å². The first-order valence-electron chi connectivity index (χ1n) is 11.8. The molecule has 0 radical (unpaired) electrons. The quantitative estimate of drug-likeness (QED) is 0.311. The van der Waals surface area contributed by atoms with Gasteiger partial charge in [0, 0.05) is 36.1 Å². The van der Waals surface area contributed by atoms with Gasteiger partial charge in [-0.15, -0.1) is 11.3 Å². The zero-order valence-corrected chi connectivity index (χ0v) is 21.4. The molecule has 0 saturated heterocycles. The summed E-state index contributed by atoms with van der Waals surface area (Å²) in [6.07, 6.45) is 3.24. The molecule has 0 saturated carbocycles. The molecule has 2 aromatic carbocycles. The molecule has 1 amide bonds. The van der Waals surface area contributed by atoms with E-state index in [1.54, 1.807) is 14.2 Å². The van der Waals surface area contributed by atoms with Crippen LogP contribution in [0.1, 0.15) is 65.8 Å². The Labute approximate surface area is 206 Å². The number of benzene rings is 2. The number of rotatable bonds is 13. The third-order valence-electron chi connectivity index (χ3n) is 5.89. The second-order valence-corrected chi connectivity index (χ2v) is 9.20. The fourth-order valence-electron chi connectivity index (χ4n) is 3.80. The van der Waals surface area contributed by atoms with Crippen molar-refractivity contribution in [3.63, 3.8) is 0 Å². The number of nitrogens with zero attached hydrogens (tertiary/aromatic N) is 2. The second-order valence-electron chi connectivity index (χ2n) is 8.26. The van der Waals surface area contributed by atoms with E-state index in [4.69, 9.17) is 9.47 Å². The number of thiazole rings is 1. The van der Waals surface area contributed by atoms with E-state index in [1.807, 2.05) is 29.6 Å². The maximum Gasteiger partial charge on any atom is 0.270 e. The SMILES string of the molecule is CCCCCNC(=O)c1csc(CN(Cc2ccc(OC)cc2OC)C(C)c2ccccc2)n1. The number of methoxy groups -OCH3 is 2. The van der Waals surface area contributed by atoms with Crippen LogP contribution in [-0.2, 0) is 13.1 Å². The van der Waals surface area contributed by atoms with Crippen LogP contribution in [0, 0.1) is 0 Å². The third-order valence-corrected chi connectivity index (χ3v) is 6.72. The normalized spacial score (nSPS) is 11.9. The highest BCUT2D eigenvalue weighted by Crippen LogP contribution is 2.30. The summed E-state index contributed by atoms with van der Waals surface area (Å²) in [7, 11) is 3.33. The Balaban J connectivity index is 1.79. The van der Waals surface area contributed by atoms with E-state index in [0.29, 0.717) is 25.3 Å². The molecule has 0 bridgehead atoms. The summed E-state index contributed by atoms with van der Waals surface area (Å²) in [4.78, 5) is 19.5. The molecule has 3 aromatic rings. The first kappa shape index (κ1) is 25.7. The molecule has 1 N–H and O–H groups in total. The minimum Gasteiger partial charge on any atom is -0.497 e. The predicted octanol–water partition coefficient (Wildman–Crippen LogP) is 5.84. The molecule has 0 fully saturated rings. The number of aromatic nitrogens is 1. The number of hydrogen-bond donors (Lipinski definition) is 1. The number of hydrogen-bond acceptors (Lipinski definition) is 6. The van der Waals surface area contributed by atoms with Crippen molar-refractivity contribution in [3.8, 4) is 11.5 Å². The maximum absolute atomic E-state index is 12.5. The second kappa shape index (κ2) is 13.1. The molecule has 1 atom stereocenters. The van der Waals surface area contributed by atoms with Crippen molar-refractivity contribution in [1.82, 2.24) is 15.2 Å². The average Bonchev–Trinajstić information content (AvgIpc) is 3.35. The van der Waals surface area contributed by atoms with Gasteiger partial charge in [-0.1, -0.05) is 56.2 Å². The zero-order valence-electron chi connectivity index (χ0n) is 20.5. The Morgan fingerprint density at radius 3 is 2.59 bits per heavy atom. The first-order chi connectivity index (χ1) is 16.5. The van der Waals surface area contributed by atoms with Crippen LogP contribution in [0.3, 0.4) is 0 Å². The van der Waals surface area contributed by atoms with Crippen LogP contribution < -0.4 is 14.8 Å². The summed E-state index contributed by atoms with van der Waals surface area (Å²) >= 11 is 1.52. The Hall–Kier alpha value is -2.90. The van der Waals surface area contributed by atoms with E-state index >= 15 is 0 Å². The number of ether oxygens (including phenoxy) is 2. The highest BCUT2D eigenvalue weighted by atomic mass is 32.1. The molecule has 182 valence electrons. The van der Waals surface area contributed by atoms with Gasteiger partial charge in [-0.3, -0.25) is 9.69 Å². The van der Waals surface area contributed by atoms with Crippen LogP contribution in [0.4, 0.5) is 0 Å². The van der Waals surface area contributed by atoms with Gasteiger partial charge in [-0.25, -0.2) is 4.98 Å². The molecule has 3 rings (SSSR count). The zero-order chi connectivity index (χ0) is 24.3. The van der Waals surface area contributed by atoms with Crippen molar-refractivity contribution in [2.75, 3.05) is 20.8 Å². The van der Waals surface area contributed by atoms with Gasteiger partial charge in [0.15, 0.2) is 0 Å². The molecule has 1 heterocycles. The van der Waals surface area contributed by atoms with Crippen molar-refractivity contribution in [2.24, 2.45) is 0 Å². The summed E-state index contributed by atoms with van der Waals surface area (Å²) in [6, 6.07) is 16.5. The van der Waals surface area contributed by atoms with Gasteiger partial charge >= 0.3 is 0 Å². The number of amides is 1. The van der Waals surface area contributed by atoms with E-state index < -0.39 is 0 Å². The molecule has 0 spiro atoms. The van der Waals surface area contributed by atoms with E-state index in [0.717, 1.165) is 41.3 Å². The number of carbonyl (C=O) groups is 1. The Morgan fingerprint density at radius 1 is 1.09 bits per heavy atom. The van der Waals surface area contributed by atoms with Gasteiger partial charge in [-0.2, -0.15) is 0 Å². The van der Waals surface area contributed by atoms with Crippen molar-refractivity contribution in [3.05, 3.63) is 75.7 Å². The highest BCUT2D eigenvalue weighted by Gasteiger charge is 2.21. The lowest BCUT2D eigenvalue weighted by atomic mass is 10.1. The van der Waals surface area contributed by atoms with Crippen LogP contribution >= 0.6 is 11.3 Å². The number of carbonyl (C=O) groups excluding carboxylic acids is 1. The smallest absolute Gasteiger partial charge is 0.270 e. The minimum absolute atomic E-state index is 0.0990. The molecule has 1 aromatic heterocycles. The molecule has 1 unspecified atom stereocenters. The fraction of sp³-hybridized carbons (Fsp3) is 0.407. The monoisotopic (exact) mass is 481 g/mol. The number of unbranched alkanes of at least 4 members (excludes halogenated alkanes) is 2. The number of nitrogens with one attached hydrogen (secondary N) is 1. The molecule has 0 aliphatic heterocycles. The summed E-state index contributed by atoms with van der Waals surface area (Å²) < 4.78 is 11.0. The molecule has 0 aliphatic carbocycles. The molecule has 34 heavy (non-hydrogen) atoms. The van der Waals surface area contributed by atoms with E-state index in [1.165, 1.54) is 16.9 Å². The summed E-state index contributed by atoms with van der Waals surface area (Å²) in [6.45, 7) is 6.33. The van der Waals surface area contributed by atoms with Gasteiger partial charge in [0.1, 0.15) is 22.2 Å². The van der Waals surface area contributed by atoms with Gasteiger partial charge in [0.25, 0.3) is 5.91 Å². The maximum atomic E-state index is 12.5. The molecule has 7 heteroatoms. The van der Waals surface area contributed by atoms with Crippen molar-refractivity contribution in [1.29, 1.82) is 0 Å². The third kappa shape index (κ3) is 7.05. The Morgan fingerprint density at radius 2 is 1.88 bits per heavy atom. The molecular weight excluding hydrogens is 446 g/mol. The van der Waals surface area contributed by atoms with Gasteiger partial charge in [0.05, 0.1) is 20.8 Å². The summed E-state index contributed by atoms with van der Waals surface area (Å²) in [5, 5.41) is 5.74. The van der Waals surface area contributed by atoms with Crippen molar-refractivity contribution < 1.29 is 14.3 Å². The van der Waals surface area contributed by atoms with Crippen LogP contribution in [-0.4, -0.2) is 36.6 Å². The molecular formula is C27H35N3O3S.